The third-order valence-electron chi connectivity index (χ3n) is 4.07. The fourth-order valence-electron chi connectivity index (χ4n) is 2.66. The summed E-state index contributed by atoms with van der Waals surface area (Å²) in [6.45, 7) is 0.117. The molecule has 0 saturated heterocycles. The van der Waals surface area contributed by atoms with Crippen LogP contribution in [0.1, 0.15) is 25.7 Å². The summed E-state index contributed by atoms with van der Waals surface area (Å²) in [7, 11) is -2.48. The van der Waals surface area contributed by atoms with Crippen molar-refractivity contribution in [1.29, 1.82) is 0 Å². The Morgan fingerprint density at radius 3 is 2.57 bits per heavy atom. The number of benzene rings is 1. The van der Waals surface area contributed by atoms with Crippen LogP contribution in [0, 0.1) is 11.2 Å². The van der Waals surface area contributed by atoms with Gasteiger partial charge < -0.3 is 9.84 Å². The van der Waals surface area contributed by atoms with Crippen molar-refractivity contribution >= 4 is 10.0 Å². The lowest BCUT2D eigenvalue weighted by Gasteiger charge is -2.26. The van der Waals surface area contributed by atoms with Crippen molar-refractivity contribution in [2.75, 3.05) is 20.3 Å². The van der Waals surface area contributed by atoms with Crippen molar-refractivity contribution < 1.29 is 22.7 Å². The summed E-state index contributed by atoms with van der Waals surface area (Å²) in [6, 6.07) is 3.51. The standard InChI is InChI=1S/C14H20FNO4S/c1-20-13-5-4-11(8-12(13)15)21(18,19)16-9-14(10-17)6-2-3-7-14/h4-5,8,16-17H,2-3,6-7,9-10H2,1H3. The predicted octanol–water partition coefficient (Wildman–Crippen LogP) is 1.67. The maximum Gasteiger partial charge on any atom is 0.240 e. The topological polar surface area (TPSA) is 75.6 Å². The molecule has 0 atom stereocenters. The first kappa shape index (κ1) is 16.2. The molecule has 0 aliphatic heterocycles. The monoisotopic (exact) mass is 317 g/mol. The molecule has 0 bridgehead atoms. The quantitative estimate of drug-likeness (QED) is 0.837. The van der Waals surface area contributed by atoms with Gasteiger partial charge in [-0.1, -0.05) is 12.8 Å². The zero-order valence-electron chi connectivity index (χ0n) is 11.9. The van der Waals surface area contributed by atoms with Gasteiger partial charge in [0, 0.05) is 18.6 Å². The highest BCUT2D eigenvalue weighted by atomic mass is 32.2. The second-order valence-electron chi connectivity index (χ2n) is 5.49. The van der Waals surface area contributed by atoms with E-state index in [-0.39, 0.29) is 23.8 Å². The van der Waals surface area contributed by atoms with E-state index in [2.05, 4.69) is 4.72 Å². The van der Waals surface area contributed by atoms with Crippen LogP contribution in [0.15, 0.2) is 23.1 Å². The van der Waals surface area contributed by atoms with Crippen LogP contribution in [-0.2, 0) is 10.0 Å². The highest BCUT2D eigenvalue weighted by molar-refractivity contribution is 7.89. The van der Waals surface area contributed by atoms with Gasteiger partial charge in [0.25, 0.3) is 0 Å². The fourth-order valence-corrected chi connectivity index (χ4v) is 3.83. The lowest BCUT2D eigenvalue weighted by atomic mass is 9.88. The summed E-state index contributed by atoms with van der Waals surface area (Å²) < 4.78 is 45.2. The van der Waals surface area contributed by atoms with Crippen molar-refractivity contribution in [3.63, 3.8) is 0 Å². The molecule has 118 valence electrons. The number of rotatable bonds is 6. The van der Waals surface area contributed by atoms with Gasteiger partial charge >= 0.3 is 0 Å². The molecule has 1 aromatic rings. The average molecular weight is 317 g/mol. The number of halogens is 1. The molecule has 0 radical (unpaired) electrons. The molecule has 0 amide bonds. The highest BCUT2D eigenvalue weighted by Crippen LogP contribution is 2.37. The molecule has 0 spiro atoms. The van der Waals surface area contributed by atoms with E-state index in [4.69, 9.17) is 4.74 Å². The maximum absolute atomic E-state index is 13.6. The summed E-state index contributed by atoms with van der Waals surface area (Å²) in [5, 5.41) is 9.49. The molecule has 1 fully saturated rings. The molecule has 0 heterocycles. The van der Waals surface area contributed by atoms with Crippen LogP contribution >= 0.6 is 0 Å². The predicted molar refractivity (Wildman–Crippen MR) is 76.1 cm³/mol. The molecule has 21 heavy (non-hydrogen) atoms. The van der Waals surface area contributed by atoms with Crippen molar-refractivity contribution in [3.05, 3.63) is 24.0 Å². The Kier molecular flexibility index (Phi) is 4.85. The Hall–Kier alpha value is -1.18. The van der Waals surface area contributed by atoms with Crippen LogP contribution in [0.25, 0.3) is 0 Å². The first-order chi connectivity index (χ1) is 9.92. The summed E-state index contributed by atoms with van der Waals surface area (Å²) >= 11 is 0. The molecule has 1 aliphatic rings. The summed E-state index contributed by atoms with van der Waals surface area (Å²) in [6.07, 6.45) is 3.56. The van der Waals surface area contributed by atoms with E-state index in [9.17, 15) is 17.9 Å². The Balaban J connectivity index is 2.13. The van der Waals surface area contributed by atoms with Gasteiger partial charge in [-0.2, -0.15) is 0 Å². The first-order valence-corrected chi connectivity index (χ1v) is 8.35. The van der Waals surface area contributed by atoms with Crippen LogP contribution in [-0.4, -0.2) is 33.8 Å². The van der Waals surface area contributed by atoms with Crippen molar-refractivity contribution in [3.8, 4) is 5.75 Å². The molecular formula is C14H20FNO4S. The number of nitrogens with one attached hydrogen (secondary N) is 1. The number of sulfonamides is 1. The van der Waals surface area contributed by atoms with Crippen LogP contribution < -0.4 is 9.46 Å². The molecule has 2 rings (SSSR count). The third kappa shape index (κ3) is 3.53. The second-order valence-corrected chi connectivity index (χ2v) is 7.25. The summed E-state index contributed by atoms with van der Waals surface area (Å²) in [5.74, 6) is -0.727. The van der Waals surface area contributed by atoms with Gasteiger partial charge in [-0.25, -0.2) is 17.5 Å². The molecular weight excluding hydrogens is 297 g/mol. The molecule has 1 aliphatic carbocycles. The number of methoxy groups -OCH3 is 1. The van der Waals surface area contributed by atoms with Crippen molar-refractivity contribution in [2.24, 2.45) is 5.41 Å². The smallest absolute Gasteiger partial charge is 0.240 e. The van der Waals surface area contributed by atoms with Gasteiger partial charge in [-0.05, 0) is 31.0 Å². The molecule has 0 aromatic heterocycles. The van der Waals surface area contributed by atoms with E-state index in [1.807, 2.05) is 0 Å². The normalized spacial score (nSPS) is 17.9. The van der Waals surface area contributed by atoms with Gasteiger partial charge in [-0.3, -0.25) is 0 Å². The molecule has 2 N–H and O–H groups in total. The van der Waals surface area contributed by atoms with Gasteiger partial charge in [0.2, 0.25) is 10.0 Å². The van der Waals surface area contributed by atoms with E-state index in [0.29, 0.717) is 0 Å². The van der Waals surface area contributed by atoms with Gasteiger partial charge in [0.15, 0.2) is 11.6 Å². The van der Waals surface area contributed by atoms with E-state index >= 15 is 0 Å². The summed E-state index contributed by atoms with van der Waals surface area (Å²) in [5.41, 5.74) is -0.391. The maximum atomic E-state index is 13.6. The van der Waals surface area contributed by atoms with Crippen molar-refractivity contribution in [2.45, 2.75) is 30.6 Å². The van der Waals surface area contributed by atoms with Gasteiger partial charge in [0.05, 0.1) is 12.0 Å². The molecule has 1 saturated carbocycles. The molecule has 1 aromatic carbocycles. The van der Waals surface area contributed by atoms with Crippen LogP contribution in [0.2, 0.25) is 0 Å². The largest absolute Gasteiger partial charge is 0.494 e. The molecule has 7 heteroatoms. The van der Waals surface area contributed by atoms with E-state index < -0.39 is 21.3 Å². The minimum absolute atomic E-state index is 0.00317. The SMILES string of the molecule is COc1ccc(S(=O)(=O)NCC2(CO)CCCC2)cc1F. The Morgan fingerprint density at radius 2 is 2.05 bits per heavy atom. The zero-order valence-corrected chi connectivity index (χ0v) is 12.7. The second kappa shape index (κ2) is 6.29. The number of ether oxygens (including phenoxy) is 1. The van der Waals surface area contributed by atoms with Crippen LogP contribution in [0.4, 0.5) is 4.39 Å². The highest BCUT2D eigenvalue weighted by Gasteiger charge is 2.34. The fraction of sp³-hybridized carbons (Fsp3) is 0.571. The number of hydrogen-bond donors (Lipinski definition) is 2. The first-order valence-electron chi connectivity index (χ1n) is 6.86. The molecule has 0 unspecified atom stereocenters. The Bertz CT molecular complexity index is 597. The minimum atomic E-state index is -3.80. The third-order valence-corrected chi connectivity index (χ3v) is 5.47. The lowest BCUT2D eigenvalue weighted by molar-refractivity contribution is 0.134. The van der Waals surface area contributed by atoms with E-state index in [0.717, 1.165) is 31.7 Å². The van der Waals surface area contributed by atoms with Gasteiger partial charge in [-0.15, -0.1) is 0 Å². The number of hydrogen-bond acceptors (Lipinski definition) is 4. The minimum Gasteiger partial charge on any atom is -0.494 e. The van der Waals surface area contributed by atoms with Crippen LogP contribution in [0.5, 0.6) is 5.75 Å². The number of aliphatic hydroxyl groups is 1. The number of aliphatic hydroxyl groups excluding tert-OH is 1. The molecule has 5 nitrogen and oxygen atoms in total. The lowest BCUT2D eigenvalue weighted by Crippen LogP contribution is -2.38. The Morgan fingerprint density at radius 1 is 1.38 bits per heavy atom. The van der Waals surface area contributed by atoms with E-state index in [1.54, 1.807) is 0 Å². The summed E-state index contributed by atoms with van der Waals surface area (Å²) in [4.78, 5) is -0.146. The van der Waals surface area contributed by atoms with Crippen molar-refractivity contribution in [1.82, 2.24) is 4.72 Å². The van der Waals surface area contributed by atoms with Crippen LogP contribution in [0.3, 0.4) is 0 Å². The van der Waals surface area contributed by atoms with Gasteiger partial charge in [0.1, 0.15) is 0 Å². The average Bonchev–Trinajstić information content (AvgIpc) is 2.95. The van der Waals surface area contributed by atoms with E-state index in [1.165, 1.54) is 19.2 Å². The Labute approximate surface area is 124 Å². The zero-order chi connectivity index (χ0) is 15.5.